The standard InChI is InChI=1S/C16H20N2S/c1-3-17-11-14-6-8-15(9-7-14)19-12-16-13(2)5-4-10-18-16/h4-10,17H,3,11-12H2,1-2H3. The molecule has 0 fully saturated rings. The van der Waals surface area contributed by atoms with Gasteiger partial charge in [-0.05, 0) is 42.8 Å². The average molecular weight is 272 g/mol. The fourth-order valence-corrected chi connectivity index (χ4v) is 2.73. The molecule has 100 valence electrons. The van der Waals surface area contributed by atoms with E-state index in [2.05, 4.69) is 54.5 Å². The van der Waals surface area contributed by atoms with Crippen LogP contribution in [0.3, 0.4) is 0 Å². The van der Waals surface area contributed by atoms with E-state index >= 15 is 0 Å². The molecule has 0 aliphatic carbocycles. The number of pyridine rings is 1. The Balaban J connectivity index is 1.91. The summed E-state index contributed by atoms with van der Waals surface area (Å²) in [5, 5.41) is 3.33. The zero-order valence-corrected chi connectivity index (χ0v) is 12.3. The van der Waals surface area contributed by atoms with Crippen molar-refractivity contribution < 1.29 is 0 Å². The van der Waals surface area contributed by atoms with Crippen molar-refractivity contribution >= 4 is 11.8 Å². The summed E-state index contributed by atoms with van der Waals surface area (Å²) in [6.45, 7) is 6.19. The Bertz CT molecular complexity index is 508. The third-order valence-corrected chi connectivity index (χ3v) is 4.02. The van der Waals surface area contributed by atoms with Crippen LogP contribution in [0.5, 0.6) is 0 Å². The molecular formula is C16H20N2S. The normalized spacial score (nSPS) is 10.6. The van der Waals surface area contributed by atoms with Crippen molar-refractivity contribution in [1.82, 2.24) is 10.3 Å². The van der Waals surface area contributed by atoms with Crippen molar-refractivity contribution in [2.75, 3.05) is 6.54 Å². The molecule has 1 aromatic heterocycles. The second kappa shape index (κ2) is 7.31. The first-order valence-corrected chi connectivity index (χ1v) is 7.61. The van der Waals surface area contributed by atoms with Gasteiger partial charge in [-0.25, -0.2) is 0 Å². The number of hydrogen-bond acceptors (Lipinski definition) is 3. The van der Waals surface area contributed by atoms with Crippen molar-refractivity contribution in [2.24, 2.45) is 0 Å². The second-order valence-electron chi connectivity index (χ2n) is 4.48. The second-order valence-corrected chi connectivity index (χ2v) is 5.53. The van der Waals surface area contributed by atoms with Gasteiger partial charge in [0.15, 0.2) is 0 Å². The number of aromatic nitrogens is 1. The Kier molecular flexibility index (Phi) is 5.43. The van der Waals surface area contributed by atoms with Gasteiger partial charge < -0.3 is 5.32 Å². The minimum atomic E-state index is 0.930. The predicted octanol–water partition coefficient (Wildman–Crippen LogP) is 3.79. The van der Waals surface area contributed by atoms with E-state index in [0.717, 1.165) is 18.8 Å². The Morgan fingerprint density at radius 2 is 1.95 bits per heavy atom. The summed E-state index contributed by atoms with van der Waals surface area (Å²) in [7, 11) is 0. The lowest BCUT2D eigenvalue weighted by Crippen LogP contribution is -2.11. The summed E-state index contributed by atoms with van der Waals surface area (Å²) in [5.74, 6) is 0.930. The van der Waals surface area contributed by atoms with Gasteiger partial charge in [-0.1, -0.05) is 25.1 Å². The highest BCUT2D eigenvalue weighted by Crippen LogP contribution is 2.23. The van der Waals surface area contributed by atoms with E-state index in [1.807, 2.05) is 24.0 Å². The molecule has 0 radical (unpaired) electrons. The zero-order valence-electron chi connectivity index (χ0n) is 11.5. The molecule has 2 rings (SSSR count). The van der Waals surface area contributed by atoms with Gasteiger partial charge in [-0.3, -0.25) is 4.98 Å². The lowest BCUT2D eigenvalue weighted by atomic mass is 10.2. The maximum Gasteiger partial charge on any atom is 0.0535 e. The summed E-state index contributed by atoms with van der Waals surface area (Å²) < 4.78 is 0. The number of benzene rings is 1. The first kappa shape index (κ1) is 14.1. The summed E-state index contributed by atoms with van der Waals surface area (Å²) in [4.78, 5) is 5.72. The topological polar surface area (TPSA) is 24.9 Å². The van der Waals surface area contributed by atoms with Crippen molar-refractivity contribution in [3.05, 3.63) is 59.4 Å². The monoisotopic (exact) mass is 272 g/mol. The fourth-order valence-electron chi connectivity index (χ4n) is 1.79. The van der Waals surface area contributed by atoms with E-state index in [-0.39, 0.29) is 0 Å². The molecule has 0 amide bonds. The fraction of sp³-hybridized carbons (Fsp3) is 0.312. The van der Waals surface area contributed by atoms with Crippen LogP contribution in [0.4, 0.5) is 0 Å². The number of aryl methyl sites for hydroxylation is 1. The predicted molar refractivity (Wildman–Crippen MR) is 82.4 cm³/mol. The molecule has 19 heavy (non-hydrogen) atoms. The summed E-state index contributed by atoms with van der Waals surface area (Å²) in [5.41, 5.74) is 3.77. The highest BCUT2D eigenvalue weighted by Gasteiger charge is 2.01. The molecule has 0 unspecified atom stereocenters. The quantitative estimate of drug-likeness (QED) is 0.810. The summed E-state index contributed by atoms with van der Waals surface area (Å²) in [6.07, 6.45) is 1.86. The summed E-state index contributed by atoms with van der Waals surface area (Å²) >= 11 is 1.84. The molecular weight excluding hydrogens is 252 g/mol. The van der Waals surface area contributed by atoms with Crippen LogP contribution in [0.15, 0.2) is 47.5 Å². The minimum Gasteiger partial charge on any atom is -0.313 e. The Labute approximate surface area is 119 Å². The number of hydrogen-bond donors (Lipinski definition) is 1. The van der Waals surface area contributed by atoms with Crippen molar-refractivity contribution in [3.8, 4) is 0 Å². The van der Waals surface area contributed by atoms with E-state index in [4.69, 9.17) is 0 Å². The molecule has 1 N–H and O–H groups in total. The Morgan fingerprint density at radius 1 is 1.16 bits per heavy atom. The average Bonchev–Trinajstić information content (AvgIpc) is 2.45. The molecule has 0 saturated carbocycles. The SMILES string of the molecule is CCNCc1ccc(SCc2ncccc2C)cc1. The number of nitrogens with zero attached hydrogens (tertiary/aromatic N) is 1. The molecule has 3 heteroatoms. The molecule has 0 atom stereocenters. The smallest absolute Gasteiger partial charge is 0.0535 e. The van der Waals surface area contributed by atoms with Gasteiger partial charge in [0, 0.05) is 23.4 Å². The minimum absolute atomic E-state index is 0.930. The molecule has 0 spiro atoms. The maximum absolute atomic E-state index is 4.42. The van der Waals surface area contributed by atoms with E-state index in [1.165, 1.54) is 21.7 Å². The molecule has 1 aromatic carbocycles. The third kappa shape index (κ3) is 4.37. The maximum atomic E-state index is 4.42. The third-order valence-electron chi connectivity index (χ3n) is 3.00. The van der Waals surface area contributed by atoms with E-state index in [1.54, 1.807) is 0 Å². The Morgan fingerprint density at radius 3 is 2.63 bits per heavy atom. The largest absolute Gasteiger partial charge is 0.313 e. The van der Waals surface area contributed by atoms with Gasteiger partial charge in [0.05, 0.1) is 5.69 Å². The van der Waals surface area contributed by atoms with Crippen LogP contribution in [0.2, 0.25) is 0 Å². The first-order chi connectivity index (χ1) is 9.29. The molecule has 1 heterocycles. The lowest BCUT2D eigenvalue weighted by Gasteiger charge is -2.06. The highest BCUT2D eigenvalue weighted by atomic mass is 32.2. The molecule has 0 aliphatic heterocycles. The van der Waals surface area contributed by atoms with E-state index < -0.39 is 0 Å². The van der Waals surface area contributed by atoms with Crippen molar-refractivity contribution in [2.45, 2.75) is 31.0 Å². The van der Waals surface area contributed by atoms with Gasteiger partial charge in [0.1, 0.15) is 0 Å². The van der Waals surface area contributed by atoms with Gasteiger partial charge in [0.2, 0.25) is 0 Å². The van der Waals surface area contributed by atoms with E-state index in [9.17, 15) is 0 Å². The van der Waals surface area contributed by atoms with Gasteiger partial charge in [0.25, 0.3) is 0 Å². The van der Waals surface area contributed by atoms with Crippen LogP contribution < -0.4 is 5.32 Å². The zero-order chi connectivity index (χ0) is 13.5. The molecule has 2 nitrogen and oxygen atoms in total. The molecule has 0 aliphatic rings. The Hall–Kier alpha value is -1.32. The van der Waals surface area contributed by atoms with Gasteiger partial charge >= 0.3 is 0 Å². The first-order valence-electron chi connectivity index (χ1n) is 6.62. The van der Waals surface area contributed by atoms with Crippen LogP contribution in [-0.4, -0.2) is 11.5 Å². The number of nitrogens with one attached hydrogen (secondary N) is 1. The lowest BCUT2D eigenvalue weighted by molar-refractivity contribution is 0.726. The number of thioether (sulfide) groups is 1. The van der Waals surface area contributed by atoms with Crippen molar-refractivity contribution in [1.29, 1.82) is 0 Å². The van der Waals surface area contributed by atoms with Gasteiger partial charge in [-0.2, -0.15) is 0 Å². The highest BCUT2D eigenvalue weighted by molar-refractivity contribution is 7.98. The molecule has 0 saturated heterocycles. The molecule has 2 aromatic rings. The van der Waals surface area contributed by atoms with Crippen molar-refractivity contribution in [3.63, 3.8) is 0 Å². The van der Waals surface area contributed by atoms with Gasteiger partial charge in [-0.15, -0.1) is 11.8 Å². The van der Waals surface area contributed by atoms with Crippen LogP contribution >= 0.6 is 11.8 Å². The van der Waals surface area contributed by atoms with Crippen LogP contribution in [-0.2, 0) is 12.3 Å². The van der Waals surface area contributed by atoms with Crippen LogP contribution in [0.25, 0.3) is 0 Å². The number of rotatable bonds is 6. The van der Waals surface area contributed by atoms with Crippen LogP contribution in [0.1, 0.15) is 23.7 Å². The summed E-state index contributed by atoms with van der Waals surface area (Å²) in [6, 6.07) is 12.9. The van der Waals surface area contributed by atoms with Crippen LogP contribution in [0, 0.1) is 6.92 Å². The van der Waals surface area contributed by atoms with E-state index in [0.29, 0.717) is 0 Å². The molecule has 0 bridgehead atoms.